The summed E-state index contributed by atoms with van der Waals surface area (Å²) >= 11 is 0. The van der Waals surface area contributed by atoms with Crippen molar-refractivity contribution < 1.29 is 32.2 Å². The van der Waals surface area contributed by atoms with E-state index in [2.05, 4.69) is 0 Å². The number of carboxylic acids is 1. The average Bonchev–Trinajstić information content (AvgIpc) is 2.37. The van der Waals surface area contributed by atoms with E-state index >= 15 is 0 Å². The van der Waals surface area contributed by atoms with Gasteiger partial charge in [0.1, 0.15) is 16.3 Å². The van der Waals surface area contributed by atoms with Gasteiger partial charge in [0, 0.05) is 13.1 Å². The van der Waals surface area contributed by atoms with Crippen molar-refractivity contribution in [2.75, 3.05) is 13.1 Å². The van der Waals surface area contributed by atoms with Crippen molar-refractivity contribution >= 4 is 16.0 Å². The lowest BCUT2D eigenvalue weighted by Crippen LogP contribution is -2.42. The number of β-amino-alcohol motifs (C(OH)–C–C–N with tert-alkyl or cyclic N) is 1. The Morgan fingerprint density at radius 1 is 1.33 bits per heavy atom. The highest BCUT2D eigenvalue weighted by Gasteiger charge is 2.34. The monoisotopic (exact) mass is 321 g/mol. The Balaban J connectivity index is 2.50. The minimum absolute atomic E-state index is 0.0820. The third-order valence-corrected chi connectivity index (χ3v) is 5.13. The summed E-state index contributed by atoms with van der Waals surface area (Å²) < 4.78 is 52.8. The summed E-state index contributed by atoms with van der Waals surface area (Å²) in [6, 6.07) is 1.28. The van der Waals surface area contributed by atoms with Crippen molar-refractivity contribution in [1.82, 2.24) is 4.31 Å². The Morgan fingerprint density at radius 2 is 2.00 bits per heavy atom. The van der Waals surface area contributed by atoms with Gasteiger partial charge in [-0.05, 0) is 25.0 Å². The van der Waals surface area contributed by atoms with E-state index in [0.29, 0.717) is 25.0 Å². The van der Waals surface area contributed by atoms with Gasteiger partial charge in [0.2, 0.25) is 10.0 Å². The molecule has 0 radical (unpaired) electrons. The molecule has 0 aliphatic carbocycles. The first-order chi connectivity index (χ1) is 9.75. The number of hydrogen-bond donors (Lipinski definition) is 2. The minimum atomic E-state index is -4.33. The molecule has 2 N–H and O–H groups in total. The van der Waals surface area contributed by atoms with Crippen LogP contribution in [-0.4, -0.2) is 48.1 Å². The average molecular weight is 321 g/mol. The zero-order chi connectivity index (χ0) is 15.8. The van der Waals surface area contributed by atoms with E-state index in [-0.39, 0.29) is 13.1 Å². The molecule has 1 fully saturated rings. The number of aromatic carboxylic acids is 1. The molecular formula is C12H13F2NO5S. The van der Waals surface area contributed by atoms with Gasteiger partial charge >= 0.3 is 5.97 Å². The Morgan fingerprint density at radius 3 is 2.57 bits per heavy atom. The number of hydrogen-bond acceptors (Lipinski definition) is 4. The second kappa shape index (κ2) is 5.66. The number of carbonyl (C=O) groups is 1. The van der Waals surface area contributed by atoms with Crippen LogP contribution in [0.15, 0.2) is 17.0 Å². The molecule has 0 aromatic heterocycles. The van der Waals surface area contributed by atoms with E-state index in [9.17, 15) is 27.1 Å². The summed E-state index contributed by atoms with van der Waals surface area (Å²) in [7, 11) is -4.33. The molecule has 1 heterocycles. The van der Waals surface area contributed by atoms with Crippen LogP contribution in [-0.2, 0) is 10.0 Å². The molecule has 2 rings (SSSR count). The zero-order valence-corrected chi connectivity index (χ0v) is 11.6. The van der Waals surface area contributed by atoms with Crippen molar-refractivity contribution in [3.8, 4) is 0 Å². The Bertz CT molecular complexity index is 676. The Labute approximate surface area is 119 Å². The molecule has 116 valence electrons. The molecule has 6 nitrogen and oxygen atoms in total. The normalized spacial score (nSPS) is 20.4. The number of sulfonamides is 1. The maximum absolute atomic E-state index is 14.0. The van der Waals surface area contributed by atoms with Gasteiger partial charge in [-0.2, -0.15) is 4.31 Å². The lowest BCUT2D eigenvalue weighted by molar-refractivity contribution is 0.0685. The lowest BCUT2D eigenvalue weighted by Gasteiger charge is -2.29. The van der Waals surface area contributed by atoms with Gasteiger partial charge in [-0.1, -0.05) is 0 Å². The van der Waals surface area contributed by atoms with Crippen LogP contribution in [0.25, 0.3) is 0 Å². The van der Waals surface area contributed by atoms with E-state index in [0.717, 1.165) is 4.31 Å². The van der Waals surface area contributed by atoms with Crippen LogP contribution in [0, 0.1) is 11.6 Å². The predicted octanol–water partition coefficient (Wildman–Crippen LogP) is 0.808. The van der Waals surface area contributed by atoms with Crippen LogP contribution < -0.4 is 0 Å². The predicted molar refractivity (Wildman–Crippen MR) is 67.3 cm³/mol. The van der Waals surface area contributed by atoms with Crippen LogP contribution in [0.5, 0.6) is 0 Å². The number of rotatable bonds is 3. The van der Waals surface area contributed by atoms with Gasteiger partial charge in [0.15, 0.2) is 5.82 Å². The summed E-state index contributed by atoms with van der Waals surface area (Å²) in [5.41, 5.74) is -1.31. The first kappa shape index (κ1) is 15.8. The molecule has 1 aromatic rings. The number of piperidine rings is 1. The fourth-order valence-corrected chi connectivity index (χ4v) is 3.79. The number of aliphatic hydroxyl groups is 1. The van der Waals surface area contributed by atoms with Crippen molar-refractivity contribution in [1.29, 1.82) is 0 Å². The summed E-state index contributed by atoms with van der Waals surface area (Å²) in [4.78, 5) is 9.91. The highest BCUT2D eigenvalue weighted by atomic mass is 32.2. The maximum atomic E-state index is 14.0. The van der Waals surface area contributed by atoms with Crippen LogP contribution >= 0.6 is 0 Å². The van der Waals surface area contributed by atoms with Gasteiger partial charge in [0.25, 0.3) is 0 Å². The smallest absolute Gasteiger partial charge is 0.341 e. The molecule has 0 bridgehead atoms. The van der Waals surface area contributed by atoms with E-state index in [4.69, 9.17) is 5.11 Å². The van der Waals surface area contributed by atoms with Gasteiger partial charge in [-0.25, -0.2) is 22.0 Å². The lowest BCUT2D eigenvalue weighted by atomic mass is 10.1. The van der Waals surface area contributed by atoms with Crippen molar-refractivity contribution in [3.63, 3.8) is 0 Å². The molecule has 0 saturated carbocycles. The first-order valence-electron chi connectivity index (χ1n) is 6.14. The second-order valence-corrected chi connectivity index (χ2v) is 6.61. The van der Waals surface area contributed by atoms with Crippen molar-refractivity contribution in [3.05, 3.63) is 29.3 Å². The molecule has 1 aliphatic heterocycles. The molecule has 1 aliphatic rings. The maximum Gasteiger partial charge on any atom is 0.341 e. The molecule has 21 heavy (non-hydrogen) atoms. The largest absolute Gasteiger partial charge is 0.477 e. The number of benzene rings is 1. The Kier molecular flexibility index (Phi) is 4.26. The van der Waals surface area contributed by atoms with Crippen LogP contribution in [0.4, 0.5) is 8.78 Å². The van der Waals surface area contributed by atoms with Gasteiger partial charge < -0.3 is 10.2 Å². The van der Waals surface area contributed by atoms with E-state index in [1.165, 1.54) is 0 Å². The highest BCUT2D eigenvalue weighted by Crippen LogP contribution is 2.26. The second-order valence-electron chi connectivity index (χ2n) is 4.70. The molecule has 1 saturated heterocycles. The third kappa shape index (κ3) is 2.89. The standard InChI is InChI=1S/C12H13F2NO5S/c13-8-3-4-9(11(14)10(8)12(17)18)21(19,20)15-5-1-2-7(16)6-15/h3-4,7,16H,1-2,5-6H2,(H,17,18)/t7-/m0/s1. The summed E-state index contributed by atoms with van der Waals surface area (Å²) in [5.74, 6) is -4.87. The van der Waals surface area contributed by atoms with Crippen molar-refractivity contribution in [2.45, 2.75) is 23.8 Å². The quantitative estimate of drug-likeness (QED) is 0.859. The summed E-state index contributed by atoms with van der Waals surface area (Å²) in [6.07, 6.45) is -0.0382. The first-order valence-corrected chi connectivity index (χ1v) is 7.58. The molecule has 1 aromatic carbocycles. The summed E-state index contributed by atoms with van der Waals surface area (Å²) in [6.45, 7) is -0.125. The zero-order valence-electron chi connectivity index (χ0n) is 10.8. The number of nitrogens with zero attached hydrogens (tertiary/aromatic N) is 1. The molecule has 1 atom stereocenters. The number of aliphatic hydroxyl groups excluding tert-OH is 1. The third-order valence-electron chi connectivity index (χ3n) is 3.25. The van der Waals surface area contributed by atoms with Gasteiger partial charge in [0.05, 0.1) is 6.10 Å². The van der Waals surface area contributed by atoms with Gasteiger partial charge in [-0.15, -0.1) is 0 Å². The molecule has 0 unspecified atom stereocenters. The van der Waals surface area contributed by atoms with Crippen molar-refractivity contribution in [2.24, 2.45) is 0 Å². The number of carboxylic acid groups (broad SMARTS) is 1. The van der Waals surface area contributed by atoms with Crippen LogP contribution in [0.1, 0.15) is 23.2 Å². The van der Waals surface area contributed by atoms with Crippen LogP contribution in [0.2, 0.25) is 0 Å². The fraction of sp³-hybridized carbons (Fsp3) is 0.417. The van der Waals surface area contributed by atoms with Gasteiger partial charge in [-0.3, -0.25) is 0 Å². The molecular weight excluding hydrogens is 308 g/mol. The minimum Gasteiger partial charge on any atom is -0.477 e. The molecule has 0 spiro atoms. The Hall–Kier alpha value is -1.58. The topological polar surface area (TPSA) is 94.9 Å². The SMILES string of the molecule is O=C(O)c1c(F)ccc(S(=O)(=O)N2CCC[C@H](O)C2)c1F. The van der Waals surface area contributed by atoms with Crippen LogP contribution in [0.3, 0.4) is 0 Å². The van der Waals surface area contributed by atoms with E-state index in [1.807, 2.05) is 0 Å². The summed E-state index contributed by atoms with van der Waals surface area (Å²) in [5, 5.41) is 18.3. The van der Waals surface area contributed by atoms with E-state index in [1.54, 1.807) is 0 Å². The fourth-order valence-electron chi connectivity index (χ4n) is 2.21. The highest BCUT2D eigenvalue weighted by molar-refractivity contribution is 7.89. The molecule has 0 amide bonds. The number of halogens is 2. The molecule has 9 heteroatoms. The van der Waals surface area contributed by atoms with E-state index < -0.39 is 44.2 Å².